The third-order valence-electron chi connectivity index (χ3n) is 7.25. The van der Waals surface area contributed by atoms with Crippen LogP contribution in [0.2, 0.25) is 0 Å². The highest BCUT2D eigenvalue weighted by molar-refractivity contribution is 7.46. The number of allylic oxidation sites excluding steroid dienone is 12. The molecule has 0 saturated carbocycles. The van der Waals surface area contributed by atoms with Crippen LogP contribution in [-0.2, 0) is 28.2 Å². The molecule has 0 rings (SSSR count). The Morgan fingerprint density at radius 3 is 1.46 bits per heavy atom. The van der Waals surface area contributed by atoms with Gasteiger partial charge < -0.3 is 19.3 Å². The van der Waals surface area contributed by atoms with Gasteiger partial charge in [-0.15, -0.1) is 0 Å². The van der Waals surface area contributed by atoms with Gasteiger partial charge in [-0.2, -0.15) is 0 Å². The molecule has 48 heavy (non-hydrogen) atoms. The van der Waals surface area contributed by atoms with E-state index in [2.05, 4.69) is 79.1 Å². The lowest BCUT2D eigenvalue weighted by Crippen LogP contribution is -2.29. The molecule has 0 unspecified atom stereocenters. The van der Waals surface area contributed by atoms with E-state index in [1.807, 2.05) is 12.2 Å². The fourth-order valence-corrected chi connectivity index (χ4v) is 4.93. The maximum atomic E-state index is 12.3. The molecule has 0 aromatic rings. The van der Waals surface area contributed by atoms with Gasteiger partial charge in [0.25, 0.3) is 0 Å². The Kier molecular flexibility index (Phi) is 32.6. The number of carbonyl (C=O) groups is 2. The Labute approximate surface area is 291 Å². The molecule has 274 valence electrons. The summed E-state index contributed by atoms with van der Waals surface area (Å²) in [6.45, 7) is 3.47. The van der Waals surface area contributed by atoms with Crippen molar-refractivity contribution >= 4 is 19.8 Å². The van der Waals surface area contributed by atoms with Gasteiger partial charge in [0.05, 0.1) is 6.61 Å². The first-order chi connectivity index (χ1) is 23.3. The molecule has 0 aliphatic rings. The first-order valence-electron chi connectivity index (χ1n) is 18.2. The van der Waals surface area contributed by atoms with Crippen LogP contribution in [0.4, 0.5) is 0 Å². The van der Waals surface area contributed by atoms with Crippen molar-refractivity contribution in [2.24, 2.45) is 0 Å². The zero-order valence-electron chi connectivity index (χ0n) is 29.9. The molecule has 0 aromatic heterocycles. The molecule has 0 aliphatic heterocycles. The Hall–Kier alpha value is -2.51. The van der Waals surface area contributed by atoms with E-state index in [4.69, 9.17) is 19.3 Å². The summed E-state index contributed by atoms with van der Waals surface area (Å²) in [6, 6.07) is 0. The molecule has 0 fully saturated rings. The van der Waals surface area contributed by atoms with Gasteiger partial charge in [0, 0.05) is 12.8 Å². The highest BCUT2D eigenvalue weighted by Gasteiger charge is 2.22. The normalized spacial score (nSPS) is 13.3. The summed E-state index contributed by atoms with van der Waals surface area (Å²) in [5.74, 6) is -0.989. The van der Waals surface area contributed by atoms with Crippen LogP contribution >= 0.6 is 7.82 Å². The summed E-state index contributed by atoms with van der Waals surface area (Å²) < 4.78 is 26.2. The van der Waals surface area contributed by atoms with Crippen LogP contribution in [0, 0.1) is 0 Å². The number of phosphoric acid groups is 1. The standard InChI is InChI=1S/C39H65O8P/c1-3-5-7-9-11-13-15-16-17-18-19-20-21-22-24-25-27-29-31-33-38(40)45-35-37(36-46-48(42,43)44)47-39(41)34-32-30-28-26-23-14-12-10-8-6-4-2/h5,7,11,13,16-17,19-20,22,24,27,29,37H,3-4,6,8-10,12,14-15,18,21,23,25-26,28,30-36H2,1-2H3,(H2,42,43,44)/b7-5-,13-11-,17-16-,20-19-,24-22-,29-27-/t37-/m1/s1. The molecule has 0 spiro atoms. The first-order valence-corrected chi connectivity index (χ1v) is 19.8. The Bertz CT molecular complexity index is 1010. The number of carbonyl (C=O) groups excluding carboxylic acids is 2. The Morgan fingerprint density at radius 2 is 1.00 bits per heavy atom. The lowest BCUT2D eigenvalue weighted by atomic mass is 10.1. The minimum absolute atomic E-state index is 0.140. The molecule has 0 aromatic carbocycles. The van der Waals surface area contributed by atoms with Crippen molar-refractivity contribution in [1.82, 2.24) is 0 Å². The lowest BCUT2D eigenvalue weighted by Gasteiger charge is -2.18. The average Bonchev–Trinajstić information content (AvgIpc) is 3.05. The molecule has 0 saturated heterocycles. The van der Waals surface area contributed by atoms with Gasteiger partial charge in [0.15, 0.2) is 6.10 Å². The third kappa shape index (κ3) is 36.3. The molecule has 8 nitrogen and oxygen atoms in total. The highest BCUT2D eigenvalue weighted by atomic mass is 31.2. The minimum Gasteiger partial charge on any atom is -0.462 e. The first kappa shape index (κ1) is 45.5. The smallest absolute Gasteiger partial charge is 0.462 e. The van der Waals surface area contributed by atoms with E-state index in [0.717, 1.165) is 57.8 Å². The topological polar surface area (TPSA) is 119 Å². The van der Waals surface area contributed by atoms with Gasteiger partial charge in [-0.05, 0) is 51.4 Å². The summed E-state index contributed by atoms with van der Waals surface area (Å²) in [6.07, 6.45) is 43.5. The van der Waals surface area contributed by atoms with E-state index in [0.29, 0.717) is 12.8 Å². The predicted octanol–water partition coefficient (Wildman–Crippen LogP) is 10.7. The van der Waals surface area contributed by atoms with Crippen LogP contribution in [0.3, 0.4) is 0 Å². The van der Waals surface area contributed by atoms with Gasteiger partial charge in [0.1, 0.15) is 6.61 Å². The number of esters is 2. The molecule has 0 aliphatic carbocycles. The van der Waals surface area contributed by atoms with Gasteiger partial charge in [-0.1, -0.05) is 151 Å². The van der Waals surface area contributed by atoms with Crippen molar-refractivity contribution in [2.45, 2.75) is 148 Å². The van der Waals surface area contributed by atoms with Gasteiger partial charge >= 0.3 is 19.8 Å². The number of hydrogen-bond acceptors (Lipinski definition) is 6. The number of hydrogen-bond donors (Lipinski definition) is 2. The summed E-state index contributed by atoms with van der Waals surface area (Å²) in [5.41, 5.74) is 0. The molecule has 0 bridgehead atoms. The zero-order valence-corrected chi connectivity index (χ0v) is 30.7. The largest absolute Gasteiger partial charge is 0.469 e. The van der Waals surface area contributed by atoms with Crippen molar-refractivity contribution in [3.8, 4) is 0 Å². The van der Waals surface area contributed by atoms with Crippen molar-refractivity contribution in [3.63, 3.8) is 0 Å². The number of rotatable bonds is 32. The van der Waals surface area contributed by atoms with Crippen LogP contribution in [0.15, 0.2) is 72.9 Å². The van der Waals surface area contributed by atoms with E-state index in [-0.39, 0.29) is 19.4 Å². The monoisotopic (exact) mass is 692 g/mol. The summed E-state index contributed by atoms with van der Waals surface area (Å²) >= 11 is 0. The van der Waals surface area contributed by atoms with E-state index < -0.39 is 32.5 Å². The highest BCUT2D eigenvalue weighted by Crippen LogP contribution is 2.35. The van der Waals surface area contributed by atoms with E-state index in [1.54, 1.807) is 0 Å². The maximum Gasteiger partial charge on any atom is 0.469 e. The van der Waals surface area contributed by atoms with Crippen LogP contribution in [0.5, 0.6) is 0 Å². The molecule has 9 heteroatoms. The summed E-state index contributed by atoms with van der Waals surface area (Å²) in [4.78, 5) is 42.6. The Balaban J connectivity index is 4.12. The van der Waals surface area contributed by atoms with Crippen LogP contribution in [0.25, 0.3) is 0 Å². The molecule has 0 heterocycles. The molecule has 1 atom stereocenters. The fourth-order valence-electron chi connectivity index (χ4n) is 4.57. The van der Waals surface area contributed by atoms with Crippen molar-refractivity contribution in [1.29, 1.82) is 0 Å². The van der Waals surface area contributed by atoms with Crippen molar-refractivity contribution in [3.05, 3.63) is 72.9 Å². The lowest BCUT2D eigenvalue weighted by molar-refractivity contribution is -0.161. The predicted molar refractivity (Wildman–Crippen MR) is 197 cm³/mol. The summed E-state index contributed by atoms with van der Waals surface area (Å²) in [7, 11) is -4.76. The second kappa shape index (κ2) is 34.4. The van der Waals surface area contributed by atoms with Crippen LogP contribution in [-0.4, -0.2) is 41.0 Å². The van der Waals surface area contributed by atoms with Gasteiger partial charge in [-0.25, -0.2) is 4.57 Å². The second-order valence-electron chi connectivity index (χ2n) is 11.8. The summed E-state index contributed by atoms with van der Waals surface area (Å²) in [5, 5.41) is 0. The third-order valence-corrected chi connectivity index (χ3v) is 7.74. The van der Waals surface area contributed by atoms with Crippen LogP contribution in [0.1, 0.15) is 142 Å². The number of phosphoric ester groups is 1. The molecule has 0 amide bonds. The Morgan fingerprint density at radius 1 is 0.562 bits per heavy atom. The van der Waals surface area contributed by atoms with E-state index in [9.17, 15) is 14.2 Å². The average molecular weight is 693 g/mol. The molecular weight excluding hydrogens is 627 g/mol. The van der Waals surface area contributed by atoms with Gasteiger partial charge in [-0.3, -0.25) is 14.1 Å². The molecule has 0 radical (unpaired) electrons. The minimum atomic E-state index is -4.76. The quantitative estimate of drug-likeness (QED) is 0.0309. The zero-order chi connectivity index (χ0) is 35.4. The molecular formula is C39H65O8P. The van der Waals surface area contributed by atoms with Crippen molar-refractivity contribution in [2.75, 3.05) is 13.2 Å². The van der Waals surface area contributed by atoms with Gasteiger partial charge in [0.2, 0.25) is 0 Å². The SMILES string of the molecule is CC/C=C\C/C=C\C/C=C\C/C=C\C/C=C\C/C=C\CCC(=O)OC[C@H](COP(=O)(O)O)OC(=O)CCCCCCCCCCCCC. The van der Waals surface area contributed by atoms with E-state index in [1.165, 1.54) is 44.9 Å². The fraction of sp³-hybridized carbons (Fsp3) is 0.641. The second-order valence-corrected chi connectivity index (χ2v) is 13.1. The van der Waals surface area contributed by atoms with Crippen LogP contribution < -0.4 is 0 Å². The number of unbranched alkanes of at least 4 members (excludes halogenated alkanes) is 10. The van der Waals surface area contributed by atoms with Crippen molar-refractivity contribution < 1.29 is 37.9 Å². The maximum absolute atomic E-state index is 12.3. The molecule has 2 N–H and O–H groups in total. The van der Waals surface area contributed by atoms with E-state index >= 15 is 0 Å². The number of ether oxygens (including phenoxy) is 2.